The number of aliphatic imine (C=N–C) groups is 1. The number of carbonyl (C=O) groups excluding carboxylic acids is 1. The monoisotopic (exact) mass is 328 g/mol. The number of amides is 1. The van der Waals surface area contributed by atoms with Gasteiger partial charge in [0.2, 0.25) is 0 Å². The van der Waals surface area contributed by atoms with Crippen molar-refractivity contribution in [2.75, 3.05) is 0 Å². The first-order valence-corrected chi connectivity index (χ1v) is 7.58. The number of halogens is 2. The topological polar surface area (TPSA) is 41.5 Å². The lowest BCUT2D eigenvalue weighted by atomic mass is 10.1. The number of rotatable bonds is 4. The van der Waals surface area contributed by atoms with Crippen LogP contribution in [0.3, 0.4) is 0 Å². The lowest BCUT2D eigenvalue weighted by Gasteiger charge is -2.01. The average molecular weight is 329 g/mol. The van der Waals surface area contributed by atoms with E-state index in [1.165, 1.54) is 12.1 Å². The second-order valence-corrected chi connectivity index (χ2v) is 5.66. The molecular weight excluding hydrogens is 315 g/mol. The van der Waals surface area contributed by atoms with E-state index in [1.807, 2.05) is 12.1 Å². The molecule has 3 nitrogen and oxygen atoms in total. The number of hydrogen-bond donors (Lipinski definition) is 1. The van der Waals surface area contributed by atoms with Crippen LogP contribution < -0.4 is 5.32 Å². The van der Waals surface area contributed by atoms with Crippen molar-refractivity contribution in [3.63, 3.8) is 0 Å². The third-order valence-corrected chi connectivity index (χ3v) is 3.73. The van der Waals surface area contributed by atoms with Gasteiger partial charge in [-0.2, -0.15) is 0 Å². The Hall–Kier alpha value is -2.46. The fourth-order valence-corrected chi connectivity index (χ4v) is 2.39. The third kappa shape index (κ3) is 4.05. The van der Waals surface area contributed by atoms with Crippen molar-refractivity contribution in [3.8, 4) is 0 Å². The van der Waals surface area contributed by atoms with E-state index in [0.29, 0.717) is 29.4 Å². The van der Waals surface area contributed by atoms with Crippen LogP contribution in [-0.4, -0.2) is 11.7 Å². The number of nitrogens with zero attached hydrogens (tertiary/aromatic N) is 1. The molecule has 2 aromatic carbocycles. The molecule has 0 saturated heterocycles. The van der Waals surface area contributed by atoms with E-state index in [-0.39, 0.29) is 11.7 Å². The number of amidine groups is 1. The molecule has 0 atom stereocenters. The molecule has 1 heterocycles. The van der Waals surface area contributed by atoms with Crippen LogP contribution >= 0.6 is 11.6 Å². The molecule has 0 radical (unpaired) electrons. The van der Waals surface area contributed by atoms with Crippen LogP contribution in [0.2, 0.25) is 5.02 Å². The molecule has 3 rings (SSSR count). The zero-order valence-corrected chi connectivity index (χ0v) is 13.0. The van der Waals surface area contributed by atoms with E-state index in [1.54, 1.807) is 30.3 Å². The molecule has 116 valence electrons. The number of nitrogens with one attached hydrogen (secondary N) is 1. The number of hydrogen-bond acceptors (Lipinski definition) is 2. The average Bonchev–Trinajstić information content (AvgIpc) is 2.89. The maximum absolute atomic E-state index is 12.9. The van der Waals surface area contributed by atoms with Gasteiger partial charge in [-0.1, -0.05) is 35.9 Å². The Morgan fingerprint density at radius 2 is 1.74 bits per heavy atom. The van der Waals surface area contributed by atoms with Crippen LogP contribution in [0.4, 0.5) is 4.39 Å². The summed E-state index contributed by atoms with van der Waals surface area (Å²) in [6.07, 6.45) is 3.00. The summed E-state index contributed by atoms with van der Waals surface area (Å²) in [7, 11) is 0. The Labute approximate surface area is 138 Å². The molecule has 0 aromatic heterocycles. The fourth-order valence-electron chi connectivity index (χ4n) is 2.27. The van der Waals surface area contributed by atoms with E-state index < -0.39 is 0 Å². The van der Waals surface area contributed by atoms with Gasteiger partial charge in [-0.05, 0) is 47.9 Å². The largest absolute Gasteiger partial charge is 0.309 e. The summed E-state index contributed by atoms with van der Waals surface area (Å²) < 4.78 is 12.9. The molecule has 1 amide bonds. The standard InChI is InChI=1S/C18H14ClFN2O/c19-14-6-1-13(2-7-14)11-16-18(23)22-17(21-16)10-5-12-3-8-15(20)9-4-12/h1-4,6-9,11H,5,10H2,(H,21,22,23)/b16-11+. The second-order valence-electron chi connectivity index (χ2n) is 5.22. The van der Waals surface area contributed by atoms with E-state index in [0.717, 1.165) is 11.1 Å². The van der Waals surface area contributed by atoms with Gasteiger partial charge in [0.1, 0.15) is 17.3 Å². The smallest absolute Gasteiger partial charge is 0.275 e. The highest BCUT2D eigenvalue weighted by atomic mass is 35.5. The molecule has 0 unspecified atom stereocenters. The summed E-state index contributed by atoms with van der Waals surface area (Å²) in [4.78, 5) is 16.3. The molecule has 2 aromatic rings. The predicted octanol–water partition coefficient (Wildman–Crippen LogP) is 3.98. The Morgan fingerprint density at radius 1 is 1.04 bits per heavy atom. The van der Waals surface area contributed by atoms with E-state index in [9.17, 15) is 9.18 Å². The summed E-state index contributed by atoms with van der Waals surface area (Å²) in [5, 5.41) is 3.40. The first kappa shape index (κ1) is 15.4. The van der Waals surface area contributed by atoms with Gasteiger partial charge in [-0.25, -0.2) is 9.38 Å². The van der Waals surface area contributed by atoms with Gasteiger partial charge in [0, 0.05) is 11.4 Å². The summed E-state index contributed by atoms with van der Waals surface area (Å²) >= 11 is 5.84. The zero-order valence-electron chi connectivity index (χ0n) is 12.2. The van der Waals surface area contributed by atoms with Crippen molar-refractivity contribution in [3.05, 3.63) is 76.2 Å². The van der Waals surface area contributed by atoms with Gasteiger partial charge in [-0.3, -0.25) is 4.79 Å². The van der Waals surface area contributed by atoms with Crippen LogP contribution in [0, 0.1) is 5.82 Å². The molecule has 0 fully saturated rings. The highest BCUT2D eigenvalue weighted by molar-refractivity contribution is 6.30. The summed E-state index contributed by atoms with van der Waals surface area (Å²) in [5.74, 6) is 0.155. The molecule has 0 bridgehead atoms. The van der Waals surface area contributed by atoms with Gasteiger partial charge in [0.05, 0.1) is 0 Å². The quantitative estimate of drug-likeness (QED) is 0.847. The van der Waals surface area contributed by atoms with Gasteiger partial charge in [0.15, 0.2) is 0 Å². The van der Waals surface area contributed by atoms with Gasteiger partial charge < -0.3 is 5.32 Å². The van der Waals surface area contributed by atoms with Crippen molar-refractivity contribution < 1.29 is 9.18 Å². The van der Waals surface area contributed by atoms with Gasteiger partial charge >= 0.3 is 0 Å². The van der Waals surface area contributed by atoms with Crippen molar-refractivity contribution in [1.29, 1.82) is 0 Å². The SMILES string of the molecule is O=C1NC(CCc2ccc(F)cc2)=N/C1=C/c1ccc(Cl)cc1. The number of aryl methyl sites for hydroxylation is 1. The Morgan fingerprint density at radius 3 is 2.43 bits per heavy atom. The highest BCUT2D eigenvalue weighted by Crippen LogP contribution is 2.16. The molecule has 1 aliphatic rings. The Bertz CT molecular complexity index is 780. The van der Waals surface area contributed by atoms with Gasteiger partial charge in [-0.15, -0.1) is 0 Å². The molecule has 5 heteroatoms. The normalized spacial score (nSPS) is 15.7. The van der Waals surface area contributed by atoms with E-state index >= 15 is 0 Å². The van der Waals surface area contributed by atoms with Crippen LogP contribution in [0.5, 0.6) is 0 Å². The minimum absolute atomic E-state index is 0.214. The third-order valence-electron chi connectivity index (χ3n) is 3.48. The summed E-state index contributed by atoms with van der Waals surface area (Å²) in [5.41, 5.74) is 2.24. The van der Waals surface area contributed by atoms with Crippen LogP contribution in [0.1, 0.15) is 17.5 Å². The maximum Gasteiger partial charge on any atom is 0.275 e. The predicted molar refractivity (Wildman–Crippen MR) is 89.7 cm³/mol. The molecule has 0 spiro atoms. The van der Waals surface area contributed by atoms with Crippen LogP contribution in [-0.2, 0) is 11.2 Å². The van der Waals surface area contributed by atoms with E-state index in [4.69, 9.17) is 11.6 Å². The molecule has 23 heavy (non-hydrogen) atoms. The molecular formula is C18H14ClFN2O. The first-order valence-electron chi connectivity index (χ1n) is 7.21. The lowest BCUT2D eigenvalue weighted by Crippen LogP contribution is -2.24. The van der Waals surface area contributed by atoms with Crippen molar-refractivity contribution >= 4 is 29.4 Å². The van der Waals surface area contributed by atoms with Crippen molar-refractivity contribution in [2.45, 2.75) is 12.8 Å². The van der Waals surface area contributed by atoms with E-state index in [2.05, 4.69) is 10.3 Å². The molecule has 1 N–H and O–H groups in total. The Balaban J connectivity index is 1.68. The number of carbonyl (C=O) groups is 1. The fraction of sp³-hybridized carbons (Fsp3) is 0.111. The lowest BCUT2D eigenvalue weighted by molar-refractivity contribution is -0.115. The first-order chi connectivity index (χ1) is 11.1. The maximum atomic E-state index is 12.9. The molecule has 0 saturated carbocycles. The minimum Gasteiger partial charge on any atom is -0.309 e. The van der Waals surface area contributed by atoms with Crippen LogP contribution in [0.25, 0.3) is 6.08 Å². The van der Waals surface area contributed by atoms with Crippen LogP contribution in [0.15, 0.2) is 59.2 Å². The molecule has 1 aliphatic heterocycles. The second kappa shape index (κ2) is 6.75. The van der Waals surface area contributed by atoms with Crippen molar-refractivity contribution in [2.24, 2.45) is 4.99 Å². The summed E-state index contributed by atoms with van der Waals surface area (Å²) in [6.45, 7) is 0. The zero-order chi connectivity index (χ0) is 16.2. The van der Waals surface area contributed by atoms with Crippen molar-refractivity contribution in [1.82, 2.24) is 5.32 Å². The van der Waals surface area contributed by atoms with Gasteiger partial charge in [0.25, 0.3) is 5.91 Å². The summed E-state index contributed by atoms with van der Waals surface area (Å²) in [6, 6.07) is 13.5. The Kier molecular flexibility index (Phi) is 4.53. The number of benzene rings is 2. The minimum atomic E-state index is -0.256. The molecule has 0 aliphatic carbocycles. The highest BCUT2D eigenvalue weighted by Gasteiger charge is 2.19.